The van der Waals surface area contributed by atoms with E-state index in [1.54, 1.807) is 0 Å². The number of hydrogen-bond acceptors (Lipinski definition) is 1. The van der Waals surface area contributed by atoms with Crippen molar-refractivity contribution in [3.05, 3.63) is 4.84 Å². The van der Waals surface area contributed by atoms with Crippen LogP contribution in [0.2, 0.25) is 0 Å². The van der Waals surface area contributed by atoms with Crippen molar-refractivity contribution in [1.82, 2.24) is 4.84 Å². The zero-order chi connectivity index (χ0) is 4.83. The van der Waals surface area contributed by atoms with Crippen LogP contribution >= 0.6 is 23.6 Å². The van der Waals surface area contributed by atoms with E-state index in [2.05, 4.69) is 9.67 Å². The van der Waals surface area contributed by atoms with Gasteiger partial charge >= 0.3 is 0 Å². The van der Waals surface area contributed by atoms with Crippen LogP contribution in [0.3, 0.4) is 0 Å². The number of rotatable bonds is 3. The van der Waals surface area contributed by atoms with Gasteiger partial charge in [-0.3, -0.25) is 11.8 Å². The first-order valence-corrected chi connectivity index (χ1v) is 2.24. The molecule has 0 spiro atoms. The van der Waals surface area contributed by atoms with Crippen molar-refractivity contribution in [3.63, 3.8) is 0 Å². The molecule has 0 unspecified atom stereocenters. The molecule has 2 nitrogen and oxygen atoms in total. The van der Waals surface area contributed by atoms with Crippen LogP contribution in [0.1, 0.15) is 0 Å². The van der Waals surface area contributed by atoms with Gasteiger partial charge < -0.3 is 4.84 Å². The SMILES string of the molecule is Cl[N-]CCNCl.[Pd]. The molecule has 48 valence electrons. The minimum absolute atomic E-state index is 0. The summed E-state index contributed by atoms with van der Waals surface area (Å²) in [6.45, 7) is 1.19. The van der Waals surface area contributed by atoms with Gasteiger partial charge in [0.05, 0.1) is 0 Å². The largest absolute Gasteiger partial charge is 0.574 e. The first-order chi connectivity index (χ1) is 2.91. The van der Waals surface area contributed by atoms with Crippen LogP contribution in [0.4, 0.5) is 0 Å². The molecule has 0 saturated heterocycles. The molecule has 0 aliphatic heterocycles. The van der Waals surface area contributed by atoms with E-state index >= 15 is 0 Å². The van der Waals surface area contributed by atoms with Crippen LogP contribution < -0.4 is 4.84 Å². The van der Waals surface area contributed by atoms with Gasteiger partial charge in [0.2, 0.25) is 0 Å². The molecule has 0 atom stereocenters. The summed E-state index contributed by atoms with van der Waals surface area (Å²) >= 11 is 9.92. The maximum Gasteiger partial charge on any atom is 0 e. The molecule has 0 aliphatic carbocycles. The molecule has 5 heteroatoms. The Morgan fingerprint density at radius 3 is 2.29 bits per heavy atom. The van der Waals surface area contributed by atoms with E-state index in [0.29, 0.717) is 13.1 Å². The van der Waals surface area contributed by atoms with Crippen molar-refractivity contribution < 1.29 is 20.4 Å². The minimum Gasteiger partial charge on any atom is -0.574 e. The molecular formula is C2H5Cl2N2Pd-. The maximum atomic E-state index is 5.01. The summed E-state index contributed by atoms with van der Waals surface area (Å²) in [5, 5.41) is 0. The van der Waals surface area contributed by atoms with Crippen LogP contribution in [-0.2, 0) is 20.4 Å². The van der Waals surface area contributed by atoms with Crippen LogP contribution in [0.5, 0.6) is 0 Å². The fourth-order valence-corrected chi connectivity index (χ4v) is 0.254. The Morgan fingerprint density at radius 2 is 2.14 bits per heavy atom. The van der Waals surface area contributed by atoms with Gasteiger partial charge in [-0.2, -0.15) is 0 Å². The van der Waals surface area contributed by atoms with Crippen molar-refractivity contribution in [2.45, 2.75) is 0 Å². The Morgan fingerprint density at radius 1 is 1.57 bits per heavy atom. The van der Waals surface area contributed by atoms with Gasteiger partial charge in [-0.15, -0.1) is 6.54 Å². The Labute approximate surface area is 66.8 Å². The smallest absolute Gasteiger partial charge is 0 e. The maximum absolute atomic E-state index is 5.01. The topological polar surface area (TPSA) is 26.1 Å². The average Bonchev–Trinajstić information content (AvgIpc) is 1.61. The fourth-order valence-electron chi connectivity index (χ4n) is 0.0845. The van der Waals surface area contributed by atoms with E-state index in [9.17, 15) is 0 Å². The third kappa shape index (κ3) is 11.0. The molecule has 0 fully saturated rings. The van der Waals surface area contributed by atoms with Gasteiger partial charge in [0.1, 0.15) is 0 Å². The summed E-state index contributed by atoms with van der Waals surface area (Å²) in [7, 11) is 0. The zero-order valence-electron chi connectivity index (χ0n) is 3.43. The predicted molar refractivity (Wildman–Crippen MR) is 27.9 cm³/mol. The molecule has 0 aromatic rings. The third-order valence-electron chi connectivity index (χ3n) is 0.291. The second-order valence-corrected chi connectivity index (χ2v) is 1.23. The Balaban J connectivity index is 0. The molecular weight excluding hydrogens is 229 g/mol. The van der Waals surface area contributed by atoms with E-state index < -0.39 is 0 Å². The van der Waals surface area contributed by atoms with Crippen molar-refractivity contribution in [2.75, 3.05) is 13.1 Å². The second kappa shape index (κ2) is 10.2. The summed E-state index contributed by atoms with van der Waals surface area (Å²) in [5.74, 6) is 0. The molecule has 7 heavy (non-hydrogen) atoms. The minimum atomic E-state index is 0. The van der Waals surface area contributed by atoms with Crippen molar-refractivity contribution >= 4 is 23.6 Å². The van der Waals surface area contributed by atoms with E-state index in [0.717, 1.165) is 0 Å². The summed E-state index contributed by atoms with van der Waals surface area (Å²) < 4.78 is 0. The van der Waals surface area contributed by atoms with E-state index in [4.69, 9.17) is 23.6 Å². The Hall–Kier alpha value is 1.16. The molecule has 1 N–H and O–H groups in total. The Kier molecular flexibility index (Phi) is 16.1. The van der Waals surface area contributed by atoms with Gasteiger partial charge in [-0.05, 0) is 18.3 Å². The third-order valence-corrected chi connectivity index (χ3v) is 0.649. The molecule has 0 saturated carbocycles. The van der Waals surface area contributed by atoms with Gasteiger partial charge in [0.15, 0.2) is 0 Å². The summed E-state index contributed by atoms with van der Waals surface area (Å²) in [6, 6.07) is 0. The van der Waals surface area contributed by atoms with Crippen LogP contribution in [0.25, 0.3) is 4.84 Å². The quantitative estimate of drug-likeness (QED) is 0.444. The second-order valence-electron chi connectivity index (χ2n) is 0.727. The molecule has 0 heterocycles. The average molecular weight is 234 g/mol. The summed E-state index contributed by atoms with van der Waals surface area (Å²) in [4.78, 5) is 5.61. The van der Waals surface area contributed by atoms with Gasteiger partial charge in [-0.1, -0.05) is 0 Å². The number of nitrogens with one attached hydrogen (secondary N) is 1. The van der Waals surface area contributed by atoms with E-state index in [1.807, 2.05) is 0 Å². The standard InChI is InChI=1S/C2H5Cl2N2.Pd/c3-5-1-2-6-4;/h5H,1-2H2;/q-1;. The summed E-state index contributed by atoms with van der Waals surface area (Å²) in [6.07, 6.45) is 0. The number of hydrogen-bond donors (Lipinski definition) is 1. The zero-order valence-corrected chi connectivity index (χ0v) is 6.50. The van der Waals surface area contributed by atoms with Crippen molar-refractivity contribution in [1.29, 1.82) is 0 Å². The van der Waals surface area contributed by atoms with Crippen LogP contribution in [-0.4, -0.2) is 13.1 Å². The molecule has 0 amide bonds. The summed E-state index contributed by atoms with van der Waals surface area (Å²) in [5.41, 5.74) is 0. The monoisotopic (exact) mass is 233 g/mol. The normalized spacial score (nSPS) is 7.71. The number of halogens is 2. The number of nitrogens with zero attached hydrogens (tertiary/aromatic N) is 1. The Bertz CT molecular complexity index is 25.7. The molecule has 0 rings (SSSR count). The molecule has 0 aromatic heterocycles. The predicted octanol–water partition coefficient (Wildman–Crippen LogP) is 1.25. The van der Waals surface area contributed by atoms with E-state index in [1.165, 1.54) is 0 Å². The van der Waals surface area contributed by atoms with Gasteiger partial charge in [-0.25, -0.2) is 4.84 Å². The first-order valence-electron chi connectivity index (χ1n) is 1.53. The molecule has 0 aliphatic rings. The van der Waals surface area contributed by atoms with Crippen molar-refractivity contribution in [2.24, 2.45) is 0 Å². The van der Waals surface area contributed by atoms with E-state index in [-0.39, 0.29) is 20.4 Å². The van der Waals surface area contributed by atoms with Crippen molar-refractivity contribution in [3.8, 4) is 0 Å². The van der Waals surface area contributed by atoms with Crippen LogP contribution in [0.15, 0.2) is 0 Å². The van der Waals surface area contributed by atoms with Gasteiger partial charge in [0.25, 0.3) is 0 Å². The first kappa shape index (κ1) is 11.0. The molecule has 0 bridgehead atoms. The van der Waals surface area contributed by atoms with Crippen LogP contribution in [0, 0.1) is 0 Å². The molecule has 0 aromatic carbocycles. The van der Waals surface area contributed by atoms with Gasteiger partial charge in [0, 0.05) is 20.4 Å². The molecule has 0 radical (unpaired) electrons. The fraction of sp³-hybridized carbons (Fsp3) is 1.00.